The molecule has 1 aliphatic carbocycles. The number of amides is 1. The summed E-state index contributed by atoms with van der Waals surface area (Å²) in [7, 11) is 0. The van der Waals surface area contributed by atoms with Crippen LogP contribution in [-0.2, 0) is 17.3 Å². The summed E-state index contributed by atoms with van der Waals surface area (Å²) in [5, 5.41) is 3.01. The highest BCUT2D eigenvalue weighted by atomic mass is 19.3. The van der Waals surface area contributed by atoms with Crippen molar-refractivity contribution < 1.29 is 22.8 Å². The number of piperidine rings is 1. The summed E-state index contributed by atoms with van der Waals surface area (Å²) in [5.41, 5.74) is 4.13. The number of rotatable bonds is 5. The average molecular weight is 538 g/mol. The van der Waals surface area contributed by atoms with Crippen molar-refractivity contribution >= 4 is 11.7 Å². The largest absolute Gasteiger partial charge is 0.330 e. The molecule has 2 aromatic carbocycles. The van der Waals surface area contributed by atoms with Gasteiger partial charge in [-0.1, -0.05) is 55.8 Å². The van der Waals surface area contributed by atoms with Crippen LogP contribution in [0.25, 0.3) is 22.5 Å². The van der Waals surface area contributed by atoms with Gasteiger partial charge in [0.15, 0.2) is 5.78 Å². The Morgan fingerprint density at radius 1 is 1.13 bits per heavy atom. The Bertz CT molecular complexity index is 1400. The number of Topliss-reactive ketones (excluding diaryl/α,β-unsaturated/α-hetero) is 1. The lowest BCUT2D eigenvalue weighted by molar-refractivity contribution is -0.121. The summed E-state index contributed by atoms with van der Waals surface area (Å²) in [5.74, 6) is -0.0567. The molecule has 8 heteroatoms. The minimum Gasteiger partial charge on any atom is -0.330 e. The van der Waals surface area contributed by atoms with Crippen molar-refractivity contribution in [2.75, 3.05) is 0 Å². The molecule has 1 aromatic heterocycles. The summed E-state index contributed by atoms with van der Waals surface area (Å²) >= 11 is 0. The molecule has 2 heterocycles. The summed E-state index contributed by atoms with van der Waals surface area (Å²) in [6, 6.07) is 8.30. The molecule has 0 radical (unpaired) electrons. The van der Waals surface area contributed by atoms with E-state index in [1.54, 1.807) is 37.3 Å². The molecule has 3 aromatic rings. The standard InChI is InChI=1S/C21H19F3N2O.C10H15NO/c1-4-15-16(13(2)27)10-11-17(18(15)22)19-20(14-8-6-5-7-9-14)26(12-25-19)21(3,23)24;1-7-5-6-9(12)11-10(7)8-3-2-4-8/h5-12H,4H2,1-3H3;7H,2-6H2,1H3,(H,11,12). The fourth-order valence-electron chi connectivity index (χ4n) is 5.08. The van der Waals surface area contributed by atoms with Gasteiger partial charge in [0.05, 0.1) is 11.4 Å². The molecule has 5 rings (SSSR count). The van der Waals surface area contributed by atoms with Crippen LogP contribution in [0.5, 0.6) is 0 Å². The summed E-state index contributed by atoms with van der Waals surface area (Å²) in [4.78, 5) is 27.0. The van der Waals surface area contributed by atoms with E-state index < -0.39 is 11.9 Å². The second-order valence-electron chi connectivity index (χ2n) is 10.2. The molecule has 1 unspecified atom stereocenters. The number of imidazole rings is 1. The van der Waals surface area contributed by atoms with Crippen LogP contribution >= 0.6 is 0 Å². The smallest absolute Gasteiger partial charge is 0.327 e. The number of aromatic nitrogens is 2. The third kappa shape index (κ3) is 6.00. The molecular formula is C31H34F3N3O2. The van der Waals surface area contributed by atoms with E-state index in [0.717, 1.165) is 24.2 Å². The zero-order chi connectivity index (χ0) is 28.3. The molecular weight excluding hydrogens is 503 g/mol. The van der Waals surface area contributed by atoms with Crippen molar-refractivity contribution in [3.05, 3.63) is 77.0 Å². The number of benzene rings is 2. The van der Waals surface area contributed by atoms with Crippen LogP contribution < -0.4 is 5.32 Å². The third-order valence-electron chi connectivity index (χ3n) is 7.38. The molecule has 1 amide bonds. The molecule has 1 saturated heterocycles. The first-order chi connectivity index (χ1) is 18.5. The minimum absolute atomic E-state index is 0.0960. The number of allylic oxidation sites excluding steroid dienone is 2. The topological polar surface area (TPSA) is 64.0 Å². The Balaban J connectivity index is 0.000000243. The Labute approximate surface area is 227 Å². The zero-order valence-electron chi connectivity index (χ0n) is 22.8. The van der Waals surface area contributed by atoms with Gasteiger partial charge in [-0.05, 0) is 56.6 Å². The number of hydrogen-bond acceptors (Lipinski definition) is 3. The highest BCUT2D eigenvalue weighted by molar-refractivity contribution is 5.96. The van der Waals surface area contributed by atoms with Gasteiger partial charge in [0.2, 0.25) is 5.91 Å². The van der Waals surface area contributed by atoms with E-state index in [2.05, 4.69) is 17.2 Å². The number of alkyl halides is 2. The summed E-state index contributed by atoms with van der Waals surface area (Å²) in [6.07, 6.45) is 6.78. The molecule has 5 nitrogen and oxygen atoms in total. The van der Waals surface area contributed by atoms with Gasteiger partial charge >= 0.3 is 6.05 Å². The predicted molar refractivity (Wildman–Crippen MR) is 146 cm³/mol. The lowest BCUT2D eigenvalue weighted by atomic mass is 9.84. The van der Waals surface area contributed by atoms with Crippen molar-refractivity contribution in [3.8, 4) is 22.5 Å². The number of nitrogens with one attached hydrogen (secondary N) is 1. The Morgan fingerprint density at radius 2 is 1.82 bits per heavy atom. The van der Waals surface area contributed by atoms with E-state index in [1.807, 2.05) is 0 Å². The fraction of sp³-hybridized carbons (Fsp3) is 0.387. The molecule has 0 spiro atoms. The Morgan fingerprint density at radius 3 is 2.38 bits per heavy atom. The number of nitrogens with zero attached hydrogens (tertiary/aromatic N) is 2. The van der Waals surface area contributed by atoms with E-state index in [0.29, 0.717) is 29.9 Å². The minimum atomic E-state index is -3.21. The number of halogens is 3. The maximum absolute atomic E-state index is 15.2. The molecule has 2 aliphatic rings. The second kappa shape index (κ2) is 11.6. The zero-order valence-corrected chi connectivity index (χ0v) is 22.8. The Hall–Kier alpha value is -3.68. The van der Waals surface area contributed by atoms with Gasteiger partial charge in [0.1, 0.15) is 12.1 Å². The van der Waals surface area contributed by atoms with Gasteiger partial charge in [-0.2, -0.15) is 8.78 Å². The van der Waals surface area contributed by atoms with Crippen LogP contribution in [0.15, 0.2) is 60.1 Å². The van der Waals surface area contributed by atoms with Crippen molar-refractivity contribution in [2.45, 2.75) is 72.3 Å². The first kappa shape index (κ1) is 28.3. The van der Waals surface area contributed by atoms with Gasteiger partial charge in [-0.15, -0.1) is 0 Å². The van der Waals surface area contributed by atoms with Crippen LogP contribution in [0, 0.1) is 11.7 Å². The van der Waals surface area contributed by atoms with E-state index >= 15 is 4.39 Å². The van der Waals surface area contributed by atoms with E-state index in [4.69, 9.17) is 0 Å². The molecule has 0 bridgehead atoms. The highest BCUT2D eigenvalue weighted by Crippen LogP contribution is 2.38. The van der Waals surface area contributed by atoms with Crippen molar-refractivity contribution in [3.63, 3.8) is 0 Å². The van der Waals surface area contributed by atoms with Crippen molar-refractivity contribution in [2.24, 2.45) is 5.92 Å². The van der Waals surface area contributed by atoms with Crippen LogP contribution in [0.1, 0.15) is 75.7 Å². The van der Waals surface area contributed by atoms with Crippen LogP contribution in [0.3, 0.4) is 0 Å². The Kier molecular flexibility index (Phi) is 8.42. The van der Waals surface area contributed by atoms with Crippen LogP contribution in [0.2, 0.25) is 0 Å². The normalized spacial score (nSPS) is 17.2. The maximum Gasteiger partial charge on any atom is 0.327 e. The monoisotopic (exact) mass is 537 g/mol. The number of ketones is 1. The van der Waals surface area contributed by atoms with Gasteiger partial charge in [-0.25, -0.2) is 9.37 Å². The first-order valence-electron chi connectivity index (χ1n) is 13.4. The lowest BCUT2D eigenvalue weighted by Crippen LogP contribution is -2.33. The van der Waals surface area contributed by atoms with Gasteiger partial charge in [0.25, 0.3) is 0 Å². The molecule has 206 valence electrons. The quantitative estimate of drug-likeness (QED) is 0.340. The summed E-state index contributed by atoms with van der Waals surface area (Å²) in [6.45, 7) is 6.08. The molecule has 1 N–H and O–H groups in total. The van der Waals surface area contributed by atoms with Gasteiger partial charge in [-0.3, -0.25) is 14.2 Å². The summed E-state index contributed by atoms with van der Waals surface area (Å²) < 4.78 is 44.2. The molecule has 1 aliphatic heterocycles. The number of hydrogen-bond donors (Lipinski definition) is 1. The fourth-order valence-corrected chi connectivity index (χ4v) is 5.08. The molecule has 2 fully saturated rings. The molecule has 39 heavy (non-hydrogen) atoms. The van der Waals surface area contributed by atoms with E-state index in [9.17, 15) is 18.4 Å². The molecule has 1 saturated carbocycles. The van der Waals surface area contributed by atoms with Crippen molar-refractivity contribution in [1.29, 1.82) is 0 Å². The third-order valence-corrected chi connectivity index (χ3v) is 7.38. The SMILES string of the molecule is CC1CCC(=O)NC1=C1CCC1.CCc1c(C(C)=O)ccc(-c2ncn(C(C)(F)F)c2-c2ccccc2)c1F. The van der Waals surface area contributed by atoms with Crippen LogP contribution in [0.4, 0.5) is 13.2 Å². The average Bonchev–Trinajstić information content (AvgIpc) is 3.31. The number of carbonyl (C=O) groups is 2. The van der Waals surface area contributed by atoms with E-state index in [1.165, 1.54) is 49.6 Å². The van der Waals surface area contributed by atoms with Crippen molar-refractivity contribution in [1.82, 2.24) is 14.9 Å². The predicted octanol–water partition coefficient (Wildman–Crippen LogP) is 7.66. The number of carbonyl (C=O) groups excluding carboxylic acids is 2. The lowest BCUT2D eigenvalue weighted by Gasteiger charge is -2.29. The van der Waals surface area contributed by atoms with Gasteiger partial charge < -0.3 is 5.32 Å². The maximum atomic E-state index is 15.2. The molecule has 1 atom stereocenters. The van der Waals surface area contributed by atoms with Crippen LogP contribution in [-0.4, -0.2) is 21.2 Å². The van der Waals surface area contributed by atoms with E-state index in [-0.39, 0.29) is 34.2 Å². The second-order valence-corrected chi connectivity index (χ2v) is 10.2. The first-order valence-corrected chi connectivity index (χ1v) is 13.4. The van der Waals surface area contributed by atoms with Gasteiger partial charge in [0, 0.05) is 35.7 Å². The highest BCUT2D eigenvalue weighted by Gasteiger charge is 2.31.